The highest BCUT2D eigenvalue weighted by Crippen LogP contribution is 2.15. The van der Waals surface area contributed by atoms with Crippen LogP contribution in [-0.2, 0) is 22.6 Å². The van der Waals surface area contributed by atoms with Crippen LogP contribution in [0.3, 0.4) is 0 Å². The molecule has 2 fully saturated rings. The van der Waals surface area contributed by atoms with Crippen LogP contribution in [0.5, 0.6) is 0 Å². The lowest BCUT2D eigenvalue weighted by Crippen LogP contribution is -2.39. The average Bonchev–Trinajstić information content (AvgIpc) is 3.04. The monoisotopic (exact) mass is 689 g/mol. The Balaban J connectivity index is 0.000000646. The van der Waals surface area contributed by atoms with Gasteiger partial charge in [0, 0.05) is 44.4 Å². The third-order valence-electron chi connectivity index (χ3n) is 7.51. The van der Waals surface area contributed by atoms with E-state index < -0.39 is 17.3 Å². The van der Waals surface area contributed by atoms with Gasteiger partial charge >= 0.3 is 12.2 Å². The molecule has 2 aromatic rings. The van der Waals surface area contributed by atoms with Crippen LogP contribution in [0.1, 0.15) is 85.8 Å². The Bertz CT molecular complexity index is 1110. The molecular formula is C37H68N8O4. The number of rotatable bonds is 6. The van der Waals surface area contributed by atoms with Gasteiger partial charge in [0.15, 0.2) is 0 Å². The number of amides is 2. The van der Waals surface area contributed by atoms with Crippen molar-refractivity contribution in [1.82, 2.24) is 30.4 Å². The van der Waals surface area contributed by atoms with E-state index in [-0.39, 0.29) is 13.5 Å². The second kappa shape index (κ2) is 24.8. The average molecular weight is 689 g/mol. The fourth-order valence-corrected chi connectivity index (χ4v) is 4.61. The summed E-state index contributed by atoms with van der Waals surface area (Å²) in [6.45, 7) is 18.5. The number of hydrogen-bond acceptors (Lipinski definition) is 10. The molecule has 12 nitrogen and oxygen atoms in total. The minimum atomic E-state index is -0.456. The van der Waals surface area contributed by atoms with Gasteiger partial charge in [0.25, 0.3) is 0 Å². The Hall–Kier alpha value is -3.32. The number of pyridine rings is 2. The molecule has 0 atom stereocenters. The summed E-state index contributed by atoms with van der Waals surface area (Å²) in [6.07, 6.45) is 11.1. The maximum atomic E-state index is 11.4. The van der Waals surface area contributed by atoms with E-state index in [0.717, 1.165) is 56.1 Å². The van der Waals surface area contributed by atoms with E-state index in [1.165, 1.54) is 25.9 Å². The molecule has 49 heavy (non-hydrogen) atoms. The van der Waals surface area contributed by atoms with Crippen LogP contribution < -0.4 is 22.1 Å². The summed E-state index contributed by atoms with van der Waals surface area (Å²) in [4.78, 5) is 35.1. The van der Waals surface area contributed by atoms with Gasteiger partial charge in [-0.3, -0.25) is 9.97 Å². The molecule has 2 aliphatic rings. The number of carbonyl (C=O) groups excluding carboxylic acids is 2. The Morgan fingerprint density at radius 3 is 1.47 bits per heavy atom. The first-order valence-electron chi connectivity index (χ1n) is 17.1. The van der Waals surface area contributed by atoms with Crippen LogP contribution in [-0.4, -0.2) is 96.5 Å². The number of carbonyl (C=O) groups is 2. The maximum absolute atomic E-state index is 11.4. The van der Waals surface area contributed by atoms with Gasteiger partial charge < -0.3 is 41.4 Å². The fourth-order valence-electron chi connectivity index (χ4n) is 4.61. The van der Waals surface area contributed by atoms with Gasteiger partial charge in [0.2, 0.25) is 0 Å². The molecule has 0 aromatic carbocycles. The molecular weight excluding hydrogens is 620 g/mol. The number of nitrogens with zero attached hydrogens (tertiary/aromatic N) is 4. The smallest absolute Gasteiger partial charge is 0.407 e. The summed E-state index contributed by atoms with van der Waals surface area (Å²) in [7, 11) is 4.31. The van der Waals surface area contributed by atoms with E-state index >= 15 is 0 Å². The van der Waals surface area contributed by atoms with Crippen molar-refractivity contribution in [3.8, 4) is 0 Å². The highest BCUT2D eigenvalue weighted by Gasteiger charge is 2.20. The number of ether oxygens (including phenoxy) is 2. The zero-order valence-corrected chi connectivity index (χ0v) is 30.8. The van der Waals surface area contributed by atoms with Crippen molar-refractivity contribution in [3.05, 3.63) is 60.2 Å². The number of nitrogens with one attached hydrogen (secondary N) is 2. The topological polar surface area (TPSA) is 161 Å². The van der Waals surface area contributed by atoms with Crippen molar-refractivity contribution in [3.63, 3.8) is 0 Å². The Kier molecular flexibility index (Phi) is 23.1. The summed E-state index contributed by atoms with van der Waals surface area (Å²) >= 11 is 0. The summed E-state index contributed by atoms with van der Waals surface area (Å²) in [5, 5.41) is 5.51. The molecule has 12 heteroatoms. The second-order valence-corrected chi connectivity index (χ2v) is 14.4. The highest BCUT2D eigenvalue weighted by molar-refractivity contribution is 5.68. The molecule has 4 rings (SSSR count). The zero-order chi connectivity index (χ0) is 36.0. The number of hydrogen-bond donors (Lipinski definition) is 4. The number of alkyl carbamates (subject to hydrolysis) is 2. The van der Waals surface area contributed by atoms with E-state index in [1.807, 2.05) is 65.8 Å². The third kappa shape index (κ3) is 25.3. The summed E-state index contributed by atoms with van der Waals surface area (Å²) < 4.78 is 10.3. The molecule has 2 aromatic heterocycles. The van der Waals surface area contributed by atoms with Gasteiger partial charge in [0.05, 0.1) is 0 Å². The predicted molar refractivity (Wildman–Crippen MR) is 200 cm³/mol. The Morgan fingerprint density at radius 2 is 1.10 bits per heavy atom. The second-order valence-electron chi connectivity index (χ2n) is 14.4. The minimum Gasteiger partial charge on any atom is -0.444 e. The van der Waals surface area contributed by atoms with Crippen LogP contribution in [0.25, 0.3) is 0 Å². The van der Waals surface area contributed by atoms with Crippen molar-refractivity contribution in [2.24, 2.45) is 23.3 Å². The molecule has 4 heterocycles. The van der Waals surface area contributed by atoms with E-state index in [0.29, 0.717) is 19.0 Å². The molecule has 6 N–H and O–H groups in total. The lowest BCUT2D eigenvalue weighted by molar-refractivity contribution is 0.0505. The van der Waals surface area contributed by atoms with Gasteiger partial charge in [-0.15, -0.1) is 0 Å². The SMILES string of the molecule is C.CC(C)(C)OC(=O)NCc1ccncc1.CN1CCC(CN)CC1.CN1CCC(CNC(=O)OC(C)(C)C)CC1.NCc1ccncc1. The van der Waals surface area contributed by atoms with Gasteiger partial charge in [0.1, 0.15) is 11.2 Å². The summed E-state index contributed by atoms with van der Waals surface area (Å²) in [5.74, 6) is 1.41. The standard InChI is InChI=1S/C12H24N2O2.C11H16N2O2.C7H16N2.C6H8N2.CH4/c1-12(2,3)16-11(15)13-9-10-5-7-14(4)8-6-10;1-11(2,3)15-10(14)13-8-9-4-6-12-7-5-9;1-9-4-2-7(6-8)3-5-9;7-5-6-1-3-8-4-2-6;/h10H,5-9H2,1-4H3,(H,13,15);4-7H,8H2,1-3H3,(H,13,14);7H,2-6,8H2,1H3;1-4H,5,7H2;1H4. The van der Waals surface area contributed by atoms with Crippen LogP contribution in [0.2, 0.25) is 0 Å². The van der Waals surface area contributed by atoms with Crippen LogP contribution in [0, 0.1) is 11.8 Å². The Morgan fingerprint density at radius 1 is 0.714 bits per heavy atom. The predicted octanol–water partition coefficient (Wildman–Crippen LogP) is 5.42. The number of nitrogens with two attached hydrogens (primary N) is 2. The molecule has 2 saturated heterocycles. The Labute approximate surface area is 297 Å². The molecule has 2 amide bonds. The normalized spacial score (nSPS) is 15.7. The van der Waals surface area contributed by atoms with Gasteiger partial charge in [-0.05, 0) is 161 Å². The number of likely N-dealkylation sites (tertiary alicyclic amines) is 2. The lowest BCUT2D eigenvalue weighted by Gasteiger charge is -2.29. The van der Waals surface area contributed by atoms with Gasteiger partial charge in [-0.1, -0.05) is 7.43 Å². The lowest BCUT2D eigenvalue weighted by atomic mass is 9.97. The molecule has 0 radical (unpaired) electrons. The molecule has 0 spiro atoms. The van der Waals surface area contributed by atoms with Crippen molar-refractivity contribution in [1.29, 1.82) is 0 Å². The van der Waals surface area contributed by atoms with Crippen molar-refractivity contribution in [2.45, 2.75) is 98.9 Å². The fraction of sp³-hybridized carbons (Fsp3) is 0.676. The minimum absolute atomic E-state index is 0. The van der Waals surface area contributed by atoms with Gasteiger partial charge in [-0.2, -0.15) is 0 Å². The first kappa shape index (κ1) is 45.7. The quantitative estimate of drug-likeness (QED) is 0.308. The molecule has 0 bridgehead atoms. The van der Waals surface area contributed by atoms with E-state index in [1.54, 1.807) is 24.8 Å². The van der Waals surface area contributed by atoms with Gasteiger partial charge in [-0.25, -0.2) is 9.59 Å². The molecule has 0 aliphatic carbocycles. The summed E-state index contributed by atoms with van der Waals surface area (Å²) in [6, 6.07) is 7.49. The van der Waals surface area contributed by atoms with Crippen LogP contribution in [0.4, 0.5) is 9.59 Å². The first-order valence-corrected chi connectivity index (χ1v) is 17.1. The zero-order valence-electron chi connectivity index (χ0n) is 30.8. The first-order chi connectivity index (χ1) is 22.6. The summed E-state index contributed by atoms with van der Waals surface area (Å²) in [5.41, 5.74) is 12.1. The van der Waals surface area contributed by atoms with E-state index in [9.17, 15) is 9.59 Å². The molecule has 0 unspecified atom stereocenters. The van der Waals surface area contributed by atoms with Crippen LogP contribution in [0.15, 0.2) is 49.1 Å². The number of piperidine rings is 2. The van der Waals surface area contributed by atoms with Crippen molar-refractivity contribution in [2.75, 3.05) is 53.4 Å². The highest BCUT2D eigenvalue weighted by atomic mass is 16.6. The maximum Gasteiger partial charge on any atom is 0.407 e. The van der Waals surface area contributed by atoms with Crippen LogP contribution >= 0.6 is 0 Å². The largest absolute Gasteiger partial charge is 0.444 e. The third-order valence-corrected chi connectivity index (χ3v) is 7.51. The molecule has 0 saturated carbocycles. The molecule has 2 aliphatic heterocycles. The van der Waals surface area contributed by atoms with Crippen molar-refractivity contribution >= 4 is 12.2 Å². The van der Waals surface area contributed by atoms with Crippen molar-refractivity contribution < 1.29 is 19.1 Å². The number of aromatic nitrogens is 2. The molecule has 280 valence electrons. The van der Waals surface area contributed by atoms with E-state index in [4.69, 9.17) is 20.9 Å². The van der Waals surface area contributed by atoms with E-state index in [2.05, 4.69) is 44.5 Å².